The van der Waals surface area contributed by atoms with Gasteiger partial charge in [0.15, 0.2) is 0 Å². The van der Waals surface area contributed by atoms with E-state index in [2.05, 4.69) is 11.4 Å². The number of nitrogens with zero attached hydrogens (tertiary/aromatic N) is 1. The molecule has 0 heterocycles. The minimum atomic E-state index is -0.121. The summed E-state index contributed by atoms with van der Waals surface area (Å²) in [6.45, 7) is 5.79. The molecule has 0 aliphatic carbocycles. The minimum Gasteiger partial charge on any atom is -0.497 e. The van der Waals surface area contributed by atoms with Crippen molar-refractivity contribution in [3.05, 3.63) is 53.6 Å². The molecule has 0 aromatic heterocycles. The Morgan fingerprint density at radius 3 is 2.16 bits per heavy atom. The standard InChI is InChI=1S/C20H24N2O3/c1-14-11-15(2)13-17(12-14)21-20(24)9-10-22(16(3)23)18-5-7-19(25-4)8-6-18/h5-8,11-13H,9-10H2,1-4H3,(H,21,24). The number of ether oxygens (including phenoxy) is 1. The number of amides is 2. The van der Waals surface area contributed by atoms with Crippen molar-refractivity contribution in [3.8, 4) is 5.75 Å². The molecule has 0 atom stereocenters. The van der Waals surface area contributed by atoms with Gasteiger partial charge in [0.25, 0.3) is 0 Å². The van der Waals surface area contributed by atoms with Crippen molar-refractivity contribution in [1.82, 2.24) is 0 Å². The lowest BCUT2D eigenvalue weighted by Gasteiger charge is -2.21. The second kappa shape index (κ2) is 8.33. The molecule has 2 aromatic rings. The van der Waals surface area contributed by atoms with Crippen molar-refractivity contribution >= 4 is 23.2 Å². The summed E-state index contributed by atoms with van der Waals surface area (Å²) in [5, 5.41) is 2.89. The van der Waals surface area contributed by atoms with E-state index < -0.39 is 0 Å². The maximum Gasteiger partial charge on any atom is 0.226 e. The smallest absolute Gasteiger partial charge is 0.226 e. The van der Waals surface area contributed by atoms with Crippen molar-refractivity contribution in [2.24, 2.45) is 0 Å². The first-order chi connectivity index (χ1) is 11.9. The summed E-state index contributed by atoms with van der Waals surface area (Å²) in [5.74, 6) is 0.494. The number of rotatable bonds is 6. The summed E-state index contributed by atoms with van der Waals surface area (Å²) in [6.07, 6.45) is 0.221. The minimum absolute atomic E-state index is 0.107. The highest BCUT2D eigenvalue weighted by molar-refractivity contribution is 5.94. The number of hydrogen-bond acceptors (Lipinski definition) is 3. The van der Waals surface area contributed by atoms with Gasteiger partial charge in [-0.1, -0.05) is 6.07 Å². The van der Waals surface area contributed by atoms with E-state index in [1.807, 2.05) is 38.1 Å². The van der Waals surface area contributed by atoms with Gasteiger partial charge in [0.2, 0.25) is 11.8 Å². The number of nitrogens with one attached hydrogen (secondary N) is 1. The molecule has 1 N–H and O–H groups in total. The number of aryl methyl sites for hydroxylation is 2. The Morgan fingerprint density at radius 1 is 1.04 bits per heavy atom. The van der Waals surface area contributed by atoms with Gasteiger partial charge in [0, 0.05) is 31.3 Å². The first-order valence-corrected chi connectivity index (χ1v) is 8.19. The van der Waals surface area contributed by atoms with Crippen LogP contribution in [0.25, 0.3) is 0 Å². The van der Waals surface area contributed by atoms with E-state index in [-0.39, 0.29) is 18.2 Å². The van der Waals surface area contributed by atoms with E-state index in [0.717, 1.165) is 28.3 Å². The van der Waals surface area contributed by atoms with E-state index in [4.69, 9.17) is 4.74 Å². The van der Waals surface area contributed by atoms with E-state index in [1.54, 1.807) is 24.1 Å². The van der Waals surface area contributed by atoms with Crippen LogP contribution in [0, 0.1) is 13.8 Å². The lowest BCUT2D eigenvalue weighted by Crippen LogP contribution is -2.31. The van der Waals surface area contributed by atoms with Crippen molar-refractivity contribution in [1.29, 1.82) is 0 Å². The average Bonchev–Trinajstić information content (AvgIpc) is 2.54. The zero-order valence-corrected chi connectivity index (χ0v) is 15.1. The Kier molecular flexibility index (Phi) is 6.17. The molecule has 2 amide bonds. The molecule has 0 saturated carbocycles. The van der Waals surface area contributed by atoms with Crippen molar-refractivity contribution in [2.75, 3.05) is 23.9 Å². The Balaban J connectivity index is 2.00. The van der Waals surface area contributed by atoms with Crippen LogP contribution in [0.15, 0.2) is 42.5 Å². The highest BCUT2D eigenvalue weighted by Gasteiger charge is 2.14. The van der Waals surface area contributed by atoms with Gasteiger partial charge in [-0.3, -0.25) is 9.59 Å². The van der Waals surface area contributed by atoms with Crippen LogP contribution in [0.3, 0.4) is 0 Å². The van der Waals surface area contributed by atoms with Gasteiger partial charge in [-0.05, 0) is 61.4 Å². The second-order valence-corrected chi connectivity index (χ2v) is 6.04. The van der Waals surface area contributed by atoms with Crippen LogP contribution in [0.5, 0.6) is 5.75 Å². The fourth-order valence-electron chi connectivity index (χ4n) is 2.71. The highest BCUT2D eigenvalue weighted by Crippen LogP contribution is 2.20. The topological polar surface area (TPSA) is 58.6 Å². The van der Waals surface area contributed by atoms with Crippen LogP contribution in [0.2, 0.25) is 0 Å². The molecule has 0 radical (unpaired) electrons. The molecule has 0 spiro atoms. The van der Waals surface area contributed by atoms with Gasteiger partial charge in [-0.2, -0.15) is 0 Å². The van der Waals surface area contributed by atoms with E-state index in [1.165, 1.54) is 6.92 Å². The number of methoxy groups -OCH3 is 1. The predicted octanol–water partition coefficient (Wildman–Crippen LogP) is 3.69. The highest BCUT2D eigenvalue weighted by atomic mass is 16.5. The molecule has 0 unspecified atom stereocenters. The van der Waals surface area contributed by atoms with Crippen LogP contribution in [-0.2, 0) is 9.59 Å². The number of benzene rings is 2. The first kappa shape index (κ1) is 18.5. The zero-order chi connectivity index (χ0) is 18.4. The van der Waals surface area contributed by atoms with E-state index in [9.17, 15) is 9.59 Å². The number of carbonyl (C=O) groups is 2. The molecule has 0 saturated heterocycles. The normalized spacial score (nSPS) is 10.2. The van der Waals surface area contributed by atoms with Crippen molar-refractivity contribution < 1.29 is 14.3 Å². The lowest BCUT2D eigenvalue weighted by molar-refractivity contribution is -0.117. The summed E-state index contributed by atoms with van der Waals surface area (Å²) < 4.78 is 5.13. The quantitative estimate of drug-likeness (QED) is 0.872. The Bertz CT molecular complexity index is 734. The molecular weight excluding hydrogens is 316 g/mol. The lowest BCUT2D eigenvalue weighted by atomic mass is 10.1. The molecule has 0 aliphatic rings. The largest absolute Gasteiger partial charge is 0.497 e. The molecule has 5 heteroatoms. The number of carbonyl (C=O) groups excluding carboxylic acids is 2. The fourth-order valence-corrected chi connectivity index (χ4v) is 2.71. The summed E-state index contributed by atoms with van der Waals surface area (Å²) in [4.78, 5) is 25.7. The third-order valence-corrected chi connectivity index (χ3v) is 3.83. The first-order valence-electron chi connectivity index (χ1n) is 8.19. The van der Waals surface area contributed by atoms with Gasteiger partial charge in [-0.15, -0.1) is 0 Å². The molecule has 25 heavy (non-hydrogen) atoms. The molecule has 2 rings (SSSR count). The van der Waals surface area contributed by atoms with Crippen LogP contribution >= 0.6 is 0 Å². The monoisotopic (exact) mass is 340 g/mol. The molecule has 0 bridgehead atoms. The molecular formula is C20H24N2O3. The predicted molar refractivity (Wildman–Crippen MR) is 100 cm³/mol. The molecule has 132 valence electrons. The molecule has 0 fully saturated rings. The van der Waals surface area contributed by atoms with Crippen molar-refractivity contribution in [2.45, 2.75) is 27.2 Å². The SMILES string of the molecule is COc1ccc(N(CCC(=O)Nc2cc(C)cc(C)c2)C(C)=O)cc1. The van der Waals surface area contributed by atoms with Crippen LogP contribution in [-0.4, -0.2) is 25.5 Å². The van der Waals surface area contributed by atoms with E-state index in [0.29, 0.717) is 6.54 Å². The van der Waals surface area contributed by atoms with Gasteiger partial charge >= 0.3 is 0 Å². The summed E-state index contributed by atoms with van der Waals surface area (Å²) >= 11 is 0. The Hall–Kier alpha value is -2.82. The molecule has 5 nitrogen and oxygen atoms in total. The third-order valence-electron chi connectivity index (χ3n) is 3.83. The zero-order valence-electron chi connectivity index (χ0n) is 15.1. The third kappa shape index (κ3) is 5.35. The maximum atomic E-state index is 12.2. The van der Waals surface area contributed by atoms with Gasteiger partial charge in [-0.25, -0.2) is 0 Å². The van der Waals surface area contributed by atoms with Crippen molar-refractivity contribution in [3.63, 3.8) is 0 Å². The van der Waals surface area contributed by atoms with Crippen LogP contribution in [0.1, 0.15) is 24.5 Å². The number of anilines is 2. The molecule has 0 aliphatic heterocycles. The van der Waals surface area contributed by atoms with Crippen LogP contribution in [0.4, 0.5) is 11.4 Å². The second-order valence-electron chi connectivity index (χ2n) is 6.04. The van der Waals surface area contributed by atoms with Gasteiger partial charge < -0.3 is 15.0 Å². The molecule has 2 aromatic carbocycles. The number of hydrogen-bond donors (Lipinski definition) is 1. The van der Waals surface area contributed by atoms with E-state index >= 15 is 0 Å². The van der Waals surface area contributed by atoms with Crippen LogP contribution < -0.4 is 15.0 Å². The van der Waals surface area contributed by atoms with Gasteiger partial charge in [0.05, 0.1) is 7.11 Å². The van der Waals surface area contributed by atoms with Gasteiger partial charge in [0.1, 0.15) is 5.75 Å². The Labute approximate surface area is 148 Å². The summed E-state index contributed by atoms with van der Waals surface area (Å²) in [6, 6.07) is 13.1. The summed E-state index contributed by atoms with van der Waals surface area (Å²) in [7, 11) is 1.59. The maximum absolute atomic E-state index is 12.2. The fraction of sp³-hybridized carbons (Fsp3) is 0.300. The summed E-state index contributed by atoms with van der Waals surface area (Å²) in [5.41, 5.74) is 3.71. The average molecular weight is 340 g/mol. The Morgan fingerprint density at radius 2 is 1.64 bits per heavy atom.